The summed E-state index contributed by atoms with van der Waals surface area (Å²) in [6.07, 6.45) is 0.925. The Balaban J connectivity index is 1.61. The number of fused-ring (bicyclic) bond motifs is 1. The van der Waals surface area contributed by atoms with Crippen LogP contribution in [-0.2, 0) is 17.8 Å². The lowest BCUT2D eigenvalue weighted by atomic mass is 10.2. The summed E-state index contributed by atoms with van der Waals surface area (Å²) in [5.41, 5.74) is -0.625. The Hall–Kier alpha value is -2.67. The number of H-pyrrole nitrogens is 1. The van der Waals surface area contributed by atoms with Gasteiger partial charge in [0.05, 0.1) is 17.3 Å². The standard InChI is InChI=1S/C17H17N3O3S/c21-15(18-9-7-12-4-3-11-24-12)8-10-20-17(23)14-6-2-1-5-13(14)16(22)19-20/h1-6,11H,7-10H2,(H,18,21)(H,19,22). The zero-order chi connectivity index (χ0) is 16.9. The molecule has 0 saturated heterocycles. The van der Waals surface area contributed by atoms with Crippen molar-refractivity contribution in [3.8, 4) is 0 Å². The molecule has 3 aromatic rings. The van der Waals surface area contributed by atoms with Crippen LogP contribution in [0.15, 0.2) is 51.4 Å². The largest absolute Gasteiger partial charge is 0.356 e. The molecule has 1 amide bonds. The van der Waals surface area contributed by atoms with E-state index in [1.807, 2.05) is 17.5 Å². The Morgan fingerprint density at radius 3 is 2.67 bits per heavy atom. The monoisotopic (exact) mass is 343 g/mol. The van der Waals surface area contributed by atoms with Gasteiger partial charge in [0, 0.05) is 17.8 Å². The molecule has 0 aliphatic rings. The van der Waals surface area contributed by atoms with Crippen LogP contribution in [0.2, 0.25) is 0 Å². The van der Waals surface area contributed by atoms with E-state index >= 15 is 0 Å². The Morgan fingerprint density at radius 2 is 1.92 bits per heavy atom. The summed E-state index contributed by atoms with van der Waals surface area (Å²) in [7, 11) is 0. The van der Waals surface area contributed by atoms with E-state index in [-0.39, 0.29) is 30.0 Å². The van der Waals surface area contributed by atoms with Crippen LogP contribution in [0.5, 0.6) is 0 Å². The average Bonchev–Trinajstić information content (AvgIpc) is 3.10. The molecular formula is C17H17N3O3S. The number of aryl methyl sites for hydroxylation is 1. The highest BCUT2D eigenvalue weighted by atomic mass is 32.1. The molecule has 2 aromatic heterocycles. The average molecular weight is 343 g/mol. The molecule has 0 spiro atoms. The predicted molar refractivity (Wildman–Crippen MR) is 94.5 cm³/mol. The lowest BCUT2D eigenvalue weighted by molar-refractivity contribution is -0.121. The predicted octanol–water partition coefficient (Wildman–Crippen LogP) is 1.50. The summed E-state index contributed by atoms with van der Waals surface area (Å²) in [5, 5.41) is 8.07. The molecule has 7 heteroatoms. The smallest absolute Gasteiger partial charge is 0.273 e. The SMILES string of the molecule is O=C(CCn1[nH]c(=O)c2ccccc2c1=O)NCCc1cccs1. The van der Waals surface area contributed by atoms with E-state index in [0.29, 0.717) is 17.3 Å². The number of hydrogen-bond acceptors (Lipinski definition) is 4. The van der Waals surface area contributed by atoms with Crippen molar-refractivity contribution in [2.45, 2.75) is 19.4 Å². The number of carbonyl (C=O) groups excluding carboxylic acids is 1. The van der Waals surface area contributed by atoms with Gasteiger partial charge in [0.25, 0.3) is 11.1 Å². The maximum Gasteiger partial charge on any atom is 0.273 e. The van der Waals surface area contributed by atoms with Gasteiger partial charge in [-0.05, 0) is 30.0 Å². The van der Waals surface area contributed by atoms with Gasteiger partial charge < -0.3 is 5.32 Å². The first-order valence-corrected chi connectivity index (χ1v) is 8.54. The zero-order valence-corrected chi connectivity index (χ0v) is 13.8. The molecule has 0 atom stereocenters. The molecular weight excluding hydrogens is 326 g/mol. The number of thiophene rings is 1. The third-order valence-electron chi connectivity index (χ3n) is 3.72. The summed E-state index contributed by atoms with van der Waals surface area (Å²) < 4.78 is 1.20. The van der Waals surface area contributed by atoms with Crippen LogP contribution in [0, 0.1) is 0 Å². The maximum atomic E-state index is 12.3. The van der Waals surface area contributed by atoms with Crippen LogP contribution < -0.4 is 16.4 Å². The fraction of sp³-hybridized carbons (Fsp3) is 0.235. The first-order chi connectivity index (χ1) is 11.6. The highest BCUT2D eigenvalue weighted by Gasteiger charge is 2.08. The van der Waals surface area contributed by atoms with Gasteiger partial charge in [0.15, 0.2) is 0 Å². The highest BCUT2D eigenvalue weighted by Crippen LogP contribution is 2.08. The molecule has 2 N–H and O–H groups in total. The van der Waals surface area contributed by atoms with Crippen LogP contribution >= 0.6 is 11.3 Å². The number of benzene rings is 1. The minimum atomic E-state index is -0.330. The molecule has 0 bridgehead atoms. The van der Waals surface area contributed by atoms with Gasteiger partial charge in [-0.15, -0.1) is 11.3 Å². The first kappa shape index (κ1) is 16.2. The zero-order valence-electron chi connectivity index (χ0n) is 13.0. The molecule has 2 heterocycles. The second kappa shape index (κ2) is 7.27. The van der Waals surface area contributed by atoms with E-state index in [1.165, 1.54) is 9.56 Å². The number of aromatic nitrogens is 2. The molecule has 0 unspecified atom stereocenters. The van der Waals surface area contributed by atoms with E-state index in [1.54, 1.807) is 35.6 Å². The number of nitrogens with one attached hydrogen (secondary N) is 2. The normalized spacial score (nSPS) is 10.8. The van der Waals surface area contributed by atoms with Crippen LogP contribution in [0.4, 0.5) is 0 Å². The number of aromatic amines is 1. The molecule has 0 fully saturated rings. The Kier molecular flexibility index (Phi) is 4.90. The fourth-order valence-corrected chi connectivity index (χ4v) is 3.19. The fourth-order valence-electron chi connectivity index (χ4n) is 2.49. The topological polar surface area (TPSA) is 84.0 Å². The van der Waals surface area contributed by atoms with Gasteiger partial charge in [-0.25, -0.2) is 4.68 Å². The van der Waals surface area contributed by atoms with Gasteiger partial charge >= 0.3 is 0 Å². The van der Waals surface area contributed by atoms with E-state index in [0.717, 1.165) is 6.42 Å². The van der Waals surface area contributed by atoms with Crippen molar-refractivity contribution in [2.24, 2.45) is 0 Å². The van der Waals surface area contributed by atoms with E-state index in [2.05, 4.69) is 10.4 Å². The Bertz CT molecular complexity index is 957. The lowest BCUT2D eigenvalue weighted by Gasteiger charge is -2.08. The van der Waals surface area contributed by atoms with Crippen molar-refractivity contribution < 1.29 is 4.79 Å². The molecule has 0 aliphatic carbocycles. The first-order valence-electron chi connectivity index (χ1n) is 7.66. The Labute approximate surface area is 141 Å². The third kappa shape index (κ3) is 3.62. The number of amides is 1. The number of hydrogen-bond donors (Lipinski definition) is 2. The van der Waals surface area contributed by atoms with Crippen molar-refractivity contribution in [3.05, 3.63) is 67.4 Å². The van der Waals surface area contributed by atoms with Gasteiger partial charge in [-0.2, -0.15) is 0 Å². The summed E-state index contributed by atoms with van der Waals surface area (Å²) in [6, 6.07) is 10.6. The number of carbonyl (C=O) groups is 1. The van der Waals surface area contributed by atoms with Crippen LogP contribution in [0.3, 0.4) is 0 Å². The van der Waals surface area contributed by atoms with Gasteiger partial charge in [0.2, 0.25) is 5.91 Å². The molecule has 24 heavy (non-hydrogen) atoms. The van der Waals surface area contributed by atoms with Crippen LogP contribution in [-0.4, -0.2) is 22.2 Å². The molecule has 1 aromatic carbocycles. The molecule has 0 aliphatic heterocycles. The molecule has 0 radical (unpaired) electrons. The van der Waals surface area contributed by atoms with Gasteiger partial charge in [-0.1, -0.05) is 18.2 Å². The second-order valence-electron chi connectivity index (χ2n) is 5.37. The molecule has 124 valence electrons. The van der Waals surface area contributed by atoms with Crippen molar-refractivity contribution in [3.63, 3.8) is 0 Å². The minimum absolute atomic E-state index is 0.138. The summed E-state index contributed by atoms with van der Waals surface area (Å²) in [4.78, 5) is 37.4. The number of rotatable bonds is 6. The lowest BCUT2D eigenvalue weighted by Crippen LogP contribution is -2.33. The Morgan fingerprint density at radius 1 is 1.12 bits per heavy atom. The summed E-state index contributed by atoms with van der Waals surface area (Å²) in [5.74, 6) is -0.146. The maximum absolute atomic E-state index is 12.3. The molecule has 0 saturated carbocycles. The van der Waals surface area contributed by atoms with Crippen molar-refractivity contribution in [1.82, 2.24) is 15.1 Å². The van der Waals surface area contributed by atoms with E-state index in [4.69, 9.17) is 0 Å². The van der Waals surface area contributed by atoms with Gasteiger partial charge in [0.1, 0.15) is 0 Å². The highest BCUT2D eigenvalue weighted by molar-refractivity contribution is 7.09. The second-order valence-corrected chi connectivity index (χ2v) is 6.40. The van der Waals surface area contributed by atoms with Crippen LogP contribution in [0.1, 0.15) is 11.3 Å². The quantitative estimate of drug-likeness (QED) is 0.711. The summed E-state index contributed by atoms with van der Waals surface area (Å²) in [6.45, 7) is 0.701. The van der Waals surface area contributed by atoms with Crippen molar-refractivity contribution >= 4 is 28.0 Å². The number of nitrogens with zero attached hydrogens (tertiary/aromatic N) is 1. The van der Waals surface area contributed by atoms with Crippen molar-refractivity contribution in [1.29, 1.82) is 0 Å². The van der Waals surface area contributed by atoms with E-state index < -0.39 is 0 Å². The minimum Gasteiger partial charge on any atom is -0.356 e. The van der Waals surface area contributed by atoms with Crippen molar-refractivity contribution in [2.75, 3.05) is 6.54 Å². The molecule has 6 nitrogen and oxygen atoms in total. The van der Waals surface area contributed by atoms with Gasteiger partial charge in [-0.3, -0.25) is 19.5 Å². The van der Waals surface area contributed by atoms with E-state index in [9.17, 15) is 14.4 Å². The van der Waals surface area contributed by atoms with Crippen LogP contribution in [0.25, 0.3) is 10.8 Å². The summed E-state index contributed by atoms with van der Waals surface area (Å²) >= 11 is 1.65. The molecule has 3 rings (SSSR count). The third-order valence-corrected chi connectivity index (χ3v) is 4.66.